The van der Waals surface area contributed by atoms with Crippen LogP contribution in [0.5, 0.6) is 0 Å². The second-order valence-corrected chi connectivity index (χ2v) is 4.44. The molecule has 0 radical (unpaired) electrons. The molecule has 0 amide bonds. The van der Waals surface area contributed by atoms with Gasteiger partial charge < -0.3 is 5.11 Å². The van der Waals surface area contributed by atoms with E-state index in [1.165, 1.54) is 5.56 Å². The van der Waals surface area contributed by atoms with Crippen LogP contribution in [-0.4, -0.2) is 17.1 Å². The lowest BCUT2D eigenvalue weighted by molar-refractivity contribution is -0.139. The fourth-order valence-corrected chi connectivity index (χ4v) is 1.80. The SMILES string of the molecule is CCCc1ccc(C(C)N[C@@H](C)C(=O)O)cc1. The average molecular weight is 235 g/mol. The zero-order valence-corrected chi connectivity index (χ0v) is 10.7. The monoisotopic (exact) mass is 235 g/mol. The molecule has 17 heavy (non-hydrogen) atoms. The highest BCUT2D eigenvalue weighted by Gasteiger charge is 2.14. The number of carboxylic acid groups (broad SMARTS) is 1. The molecule has 94 valence electrons. The first-order valence-electron chi connectivity index (χ1n) is 6.12. The van der Waals surface area contributed by atoms with Crippen LogP contribution in [-0.2, 0) is 11.2 Å². The molecule has 2 atom stereocenters. The summed E-state index contributed by atoms with van der Waals surface area (Å²) in [6.07, 6.45) is 2.23. The Morgan fingerprint density at radius 3 is 2.35 bits per heavy atom. The number of carboxylic acids is 1. The highest BCUT2D eigenvalue weighted by Crippen LogP contribution is 2.14. The number of carbonyl (C=O) groups is 1. The summed E-state index contributed by atoms with van der Waals surface area (Å²) in [4.78, 5) is 10.7. The number of benzene rings is 1. The standard InChI is InChI=1S/C14H21NO2/c1-4-5-12-6-8-13(9-7-12)10(2)15-11(3)14(16)17/h6-11,15H,4-5H2,1-3H3,(H,16,17)/t10?,11-/m0/s1. The third-order valence-electron chi connectivity index (χ3n) is 2.89. The van der Waals surface area contributed by atoms with Gasteiger partial charge in [0.1, 0.15) is 6.04 Å². The summed E-state index contributed by atoms with van der Waals surface area (Å²) >= 11 is 0. The molecule has 0 saturated carbocycles. The maximum Gasteiger partial charge on any atom is 0.320 e. The van der Waals surface area contributed by atoms with Crippen molar-refractivity contribution >= 4 is 5.97 Å². The van der Waals surface area contributed by atoms with Gasteiger partial charge in [-0.3, -0.25) is 10.1 Å². The van der Waals surface area contributed by atoms with Gasteiger partial charge in [0, 0.05) is 6.04 Å². The maximum atomic E-state index is 10.7. The van der Waals surface area contributed by atoms with Crippen molar-refractivity contribution in [1.29, 1.82) is 0 Å². The van der Waals surface area contributed by atoms with Crippen LogP contribution in [0.25, 0.3) is 0 Å². The second kappa shape index (κ2) is 6.40. The Bertz CT molecular complexity index is 359. The van der Waals surface area contributed by atoms with Crippen LogP contribution in [0.1, 0.15) is 44.4 Å². The molecule has 0 saturated heterocycles. The molecule has 1 rings (SSSR count). The van der Waals surface area contributed by atoms with Crippen molar-refractivity contribution in [2.75, 3.05) is 0 Å². The van der Waals surface area contributed by atoms with E-state index < -0.39 is 12.0 Å². The lowest BCUT2D eigenvalue weighted by Crippen LogP contribution is -2.35. The molecular formula is C14H21NO2. The summed E-state index contributed by atoms with van der Waals surface area (Å²) in [5.74, 6) is -0.820. The van der Waals surface area contributed by atoms with E-state index in [0.29, 0.717) is 0 Å². The number of aliphatic carboxylic acids is 1. The Hall–Kier alpha value is -1.35. The van der Waals surface area contributed by atoms with Gasteiger partial charge in [-0.05, 0) is 31.4 Å². The van der Waals surface area contributed by atoms with Crippen molar-refractivity contribution in [1.82, 2.24) is 5.32 Å². The lowest BCUT2D eigenvalue weighted by atomic mass is 10.0. The van der Waals surface area contributed by atoms with Crippen LogP contribution >= 0.6 is 0 Å². The van der Waals surface area contributed by atoms with Gasteiger partial charge >= 0.3 is 5.97 Å². The van der Waals surface area contributed by atoms with E-state index in [4.69, 9.17) is 5.11 Å². The molecule has 1 aromatic carbocycles. The molecule has 3 heteroatoms. The summed E-state index contributed by atoms with van der Waals surface area (Å²) in [6.45, 7) is 5.80. The first kappa shape index (κ1) is 13.7. The average Bonchev–Trinajstić information content (AvgIpc) is 2.30. The predicted octanol–water partition coefficient (Wildman–Crippen LogP) is 2.76. The van der Waals surface area contributed by atoms with Gasteiger partial charge in [0.25, 0.3) is 0 Å². The third-order valence-corrected chi connectivity index (χ3v) is 2.89. The largest absolute Gasteiger partial charge is 0.480 e. The molecule has 0 heterocycles. The van der Waals surface area contributed by atoms with Gasteiger partial charge in [0.2, 0.25) is 0 Å². The number of nitrogens with one attached hydrogen (secondary N) is 1. The maximum absolute atomic E-state index is 10.7. The topological polar surface area (TPSA) is 49.3 Å². The van der Waals surface area contributed by atoms with Gasteiger partial charge in [-0.25, -0.2) is 0 Å². The Balaban J connectivity index is 2.63. The molecule has 0 spiro atoms. The van der Waals surface area contributed by atoms with Crippen molar-refractivity contribution in [3.05, 3.63) is 35.4 Å². The molecular weight excluding hydrogens is 214 g/mol. The highest BCUT2D eigenvalue weighted by molar-refractivity contribution is 5.72. The van der Waals surface area contributed by atoms with Crippen LogP contribution in [0.3, 0.4) is 0 Å². The van der Waals surface area contributed by atoms with E-state index in [-0.39, 0.29) is 6.04 Å². The number of hydrogen-bond acceptors (Lipinski definition) is 2. The summed E-state index contributed by atoms with van der Waals surface area (Å²) in [5, 5.41) is 11.9. The Labute approximate surface area is 103 Å². The third kappa shape index (κ3) is 4.19. The summed E-state index contributed by atoms with van der Waals surface area (Å²) in [6, 6.07) is 7.89. The minimum Gasteiger partial charge on any atom is -0.480 e. The van der Waals surface area contributed by atoms with E-state index in [1.54, 1.807) is 6.92 Å². The smallest absolute Gasteiger partial charge is 0.320 e. The zero-order chi connectivity index (χ0) is 12.8. The normalized spacial score (nSPS) is 14.3. The Kier molecular flexibility index (Phi) is 5.16. The minimum absolute atomic E-state index is 0.0526. The molecule has 3 nitrogen and oxygen atoms in total. The van der Waals surface area contributed by atoms with E-state index in [9.17, 15) is 4.79 Å². The molecule has 0 aliphatic rings. The quantitative estimate of drug-likeness (QED) is 0.797. The van der Waals surface area contributed by atoms with Crippen LogP contribution in [0.15, 0.2) is 24.3 Å². The second-order valence-electron chi connectivity index (χ2n) is 4.44. The van der Waals surface area contributed by atoms with Crippen molar-refractivity contribution in [3.63, 3.8) is 0 Å². The van der Waals surface area contributed by atoms with Crippen molar-refractivity contribution < 1.29 is 9.90 Å². The predicted molar refractivity (Wildman–Crippen MR) is 69.1 cm³/mol. The van der Waals surface area contributed by atoms with Gasteiger partial charge in [-0.15, -0.1) is 0 Å². The van der Waals surface area contributed by atoms with Gasteiger partial charge in [-0.1, -0.05) is 37.6 Å². The van der Waals surface area contributed by atoms with Crippen molar-refractivity contribution in [3.8, 4) is 0 Å². The van der Waals surface area contributed by atoms with E-state index >= 15 is 0 Å². The van der Waals surface area contributed by atoms with E-state index in [1.807, 2.05) is 6.92 Å². The van der Waals surface area contributed by atoms with E-state index in [0.717, 1.165) is 18.4 Å². The molecule has 0 aromatic heterocycles. The van der Waals surface area contributed by atoms with Crippen LogP contribution in [0, 0.1) is 0 Å². The molecule has 1 aromatic rings. The first-order chi connectivity index (χ1) is 8.04. The highest BCUT2D eigenvalue weighted by atomic mass is 16.4. The molecule has 0 fully saturated rings. The fraction of sp³-hybridized carbons (Fsp3) is 0.500. The summed E-state index contributed by atoms with van der Waals surface area (Å²) < 4.78 is 0. The molecule has 0 aliphatic heterocycles. The van der Waals surface area contributed by atoms with Gasteiger partial charge in [0.15, 0.2) is 0 Å². The minimum atomic E-state index is -0.820. The van der Waals surface area contributed by atoms with Crippen LogP contribution in [0.2, 0.25) is 0 Å². The zero-order valence-electron chi connectivity index (χ0n) is 10.7. The van der Waals surface area contributed by atoms with Crippen LogP contribution < -0.4 is 5.32 Å². The molecule has 1 unspecified atom stereocenters. The van der Waals surface area contributed by atoms with Gasteiger partial charge in [0.05, 0.1) is 0 Å². The van der Waals surface area contributed by atoms with E-state index in [2.05, 4.69) is 36.5 Å². The molecule has 0 bridgehead atoms. The molecule has 0 aliphatic carbocycles. The van der Waals surface area contributed by atoms with Crippen LogP contribution in [0.4, 0.5) is 0 Å². The fourth-order valence-electron chi connectivity index (χ4n) is 1.80. The Morgan fingerprint density at radius 1 is 1.29 bits per heavy atom. The number of hydrogen-bond donors (Lipinski definition) is 2. The Morgan fingerprint density at radius 2 is 1.88 bits per heavy atom. The number of aryl methyl sites for hydroxylation is 1. The number of rotatable bonds is 6. The first-order valence-corrected chi connectivity index (χ1v) is 6.12. The lowest BCUT2D eigenvalue weighted by Gasteiger charge is -2.17. The molecule has 2 N–H and O–H groups in total. The summed E-state index contributed by atoms with van der Waals surface area (Å²) in [7, 11) is 0. The van der Waals surface area contributed by atoms with Crippen molar-refractivity contribution in [2.24, 2.45) is 0 Å². The van der Waals surface area contributed by atoms with Gasteiger partial charge in [-0.2, -0.15) is 0 Å². The van der Waals surface area contributed by atoms with Crippen molar-refractivity contribution in [2.45, 2.75) is 45.7 Å². The summed E-state index contributed by atoms with van der Waals surface area (Å²) in [5.41, 5.74) is 2.45.